The number of hydrogen-bond acceptors (Lipinski definition) is 8. The van der Waals surface area contributed by atoms with Crippen molar-refractivity contribution >= 4 is 44.7 Å². The molecule has 1 saturated heterocycles. The van der Waals surface area contributed by atoms with Crippen molar-refractivity contribution < 1.29 is 13.3 Å². The van der Waals surface area contributed by atoms with Gasteiger partial charge in [0.1, 0.15) is 11.5 Å². The van der Waals surface area contributed by atoms with Gasteiger partial charge in [-0.1, -0.05) is 38.5 Å². The largest absolute Gasteiger partial charge is 0.383 e. The Bertz CT molecular complexity index is 1590. The van der Waals surface area contributed by atoms with Crippen molar-refractivity contribution in [1.82, 2.24) is 4.90 Å². The van der Waals surface area contributed by atoms with Gasteiger partial charge in [-0.25, -0.2) is 0 Å². The van der Waals surface area contributed by atoms with E-state index in [2.05, 4.69) is 33.4 Å². The molecule has 1 aliphatic rings. The fraction of sp³-hybridized carbons (Fsp3) is 0.441. The van der Waals surface area contributed by atoms with E-state index in [9.17, 15) is 18.5 Å². The summed E-state index contributed by atoms with van der Waals surface area (Å²) < 4.78 is 30.4. The van der Waals surface area contributed by atoms with Crippen LogP contribution in [-0.4, -0.2) is 69.6 Å². The van der Waals surface area contributed by atoms with Crippen LogP contribution in [0.2, 0.25) is 0 Å². The van der Waals surface area contributed by atoms with Crippen molar-refractivity contribution in [3.63, 3.8) is 0 Å². The Morgan fingerprint density at radius 2 is 1.74 bits per heavy atom. The molecule has 1 aliphatic heterocycles. The van der Waals surface area contributed by atoms with Gasteiger partial charge in [-0.15, -0.1) is 16.2 Å². The number of nitrogens with one attached hydrogen (secondary N) is 1. The van der Waals surface area contributed by atoms with Crippen LogP contribution in [0.15, 0.2) is 87.0 Å². The van der Waals surface area contributed by atoms with Crippen molar-refractivity contribution in [1.29, 1.82) is 0 Å². The van der Waals surface area contributed by atoms with Crippen LogP contribution in [0.4, 0.5) is 17.1 Å². The molecule has 248 valence electrons. The molecule has 0 spiro atoms. The van der Waals surface area contributed by atoms with Crippen molar-refractivity contribution in [2.45, 2.75) is 61.8 Å². The third-order valence-corrected chi connectivity index (χ3v) is 10.8. The van der Waals surface area contributed by atoms with Gasteiger partial charge in [-0.3, -0.25) is 10.1 Å². The number of nitrogens with two attached hydrogens (primary N) is 1. The Morgan fingerprint density at radius 1 is 1.07 bits per heavy atom. The van der Waals surface area contributed by atoms with Gasteiger partial charge in [0.2, 0.25) is 0 Å². The third kappa shape index (κ3) is 10.2. The minimum atomic E-state index is -4.31. The summed E-state index contributed by atoms with van der Waals surface area (Å²) in [7, 11) is -0.249. The van der Waals surface area contributed by atoms with Crippen molar-refractivity contribution in [2.24, 2.45) is 15.5 Å². The van der Waals surface area contributed by atoms with Crippen LogP contribution in [0, 0.1) is 15.5 Å². The van der Waals surface area contributed by atoms with Crippen LogP contribution in [0.3, 0.4) is 0 Å². The van der Waals surface area contributed by atoms with Crippen LogP contribution in [0.1, 0.15) is 51.5 Å². The zero-order chi connectivity index (χ0) is 33.3. The first-order valence-electron chi connectivity index (χ1n) is 15.7. The van der Waals surface area contributed by atoms with E-state index in [-0.39, 0.29) is 28.1 Å². The van der Waals surface area contributed by atoms with Crippen LogP contribution < -0.4 is 16.0 Å². The molecule has 46 heavy (non-hydrogen) atoms. The Balaban J connectivity index is 1.49. The highest BCUT2D eigenvalue weighted by Crippen LogP contribution is 2.33. The first-order valence-corrected chi connectivity index (χ1v) is 18.1. The fourth-order valence-electron chi connectivity index (χ4n) is 5.34. The number of nitro benzene ring substituents is 1. The molecule has 1 fully saturated rings. The number of hydrogen-bond donors (Lipinski definition) is 2. The predicted octanol–water partition coefficient (Wildman–Crippen LogP) is 6.62. The van der Waals surface area contributed by atoms with E-state index in [1.54, 1.807) is 23.9 Å². The van der Waals surface area contributed by atoms with Gasteiger partial charge >= 0.3 is 0 Å². The van der Waals surface area contributed by atoms with E-state index in [4.69, 9.17) is 5.73 Å². The van der Waals surface area contributed by atoms with Crippen molar-refractivity contribution in [3.8, 4) is 0 Å². The molecule has 10 nitrogen and oxygen atoms in total. The lowest BCUT2D eigenvalue weighted by Crippen LogP contribution is -2.37. The highest BCUT2D eigenvalue weighted by atomic mass is 32.2. The SMILES string of the molecule is CN(C)CCCC[C@H](CSc1ccccc1)Nc1ccc(S(=O)(=O)/N=C(\N)c2ccc(N3CCC(C)(C)CC3)cc2)cc1[N+](=O)[O-]. The number of piperidine rings is 1. The summed E-state index contributed by atoms with van der Waals surface area (Å²) >= 11 is 1.67. The highest BCUT2D eigenvalue weighted by Gasteiger charge is 2.26. The lowest BCUT2D eigenvalue weighted by atomic mass is 9.82. The Labute approximate surface area is 277 Å². The number of sulfonamides is 1. The van der Waals surface area contributed by atoms with Crippen molar-refractivity contribution in [2.75, 3.05) is 49.7 Å². The van der Waals surface area contributed by atoms with Gasteiger partial charge in [0.25, 0.3) is 15.7 Å². The molecule has 3 N–H and O–H groups in total. The van der Waals surface area contributed by atoms with E-state index in [0.717, 1.165) is 68.4 Å². The molecule has 0 radical (unpaired) electrons. The maximum absolute atomic E-state index is 13.3. The quantitative estimate of drug-likeness (QED) is 0.0458. The molecule has 0 aromatic heterocycles. The van der Waals surface area contributed by atoms with E-state index in [0.29, 0.717) is 16.7 Å². The second-order valence-electron chi connectivity index (χ2n) is 12.9. The molecule has 0 bridgehead atoms. The van der Waals surface area contributed by atoms with E-state index < -0.39 is 14.9 Å². The molecule has 12 heteroatoms. The lowest BCUT2D eigenvalue weighted by molar-refractivity contribution is -0.384. The molecule has 0 amide bonds. The molecule has 0 saturated carbocycles. The predicted molar refractivity (Wildman–Crippen MR) is 190 cm³/mol. The van der Waals surface area contributed by atoms with Gasteiger partial charge in [0.05, 0.1) is 9.82 Å². The summed E-state index contributed by atoms with van der Waals surface area (Å²) in [5.41, 5.74) is 7.93. The lowest BCUT2D eigenvalue weighted by Gasteiger charge is -2.38. The number of thioether (sulfide) groups is 1. The topological polar surface area (TPSA) is 134 Å². The highest BCUT2D eigenvalue weighted by molar-refractivity contribution is 7.99. The second kappa shape index (κ2) is 15.8. The molecule has 1 heterocycles. The van der Waals surface area contributed by atoms with Gasteiger partial charge in [0.15, 0.2) is 0 Å². The smallest absolute Gasteiger partial charge is 0.293 e. The Kier molecular flexibility index (Phi) is 12.1. The molecular weight excluding hydrogens is 621 g/mol. The van der Waals surface area contributed by atoms with Crippen LogP contribution in [0.5, 0.6) is 0 Å². The number of unbranched alkanes of at least 4 members (excludes halogenated alkanes) is 1. The van der Waals surface area contributed by atoms with Crippen molar-refractivity contribution in [3.05, 3.63) is 88.5 Å². The molecule has 0 aliphatic carbocycles. The molecule has 0 unspecified atom stereocenters. The summed E-state index contributed by atoms with van der Waals surface area (Å²) in [6.07, 6.45) is 4.94. The minimum absolute atomic E-state index is 0.0680. The summed E-state index contributed by atoms with van der Waals surface area (Å²) in [6.45, 7) is 7.42. The zero-order valence-corrected chi connectivity index (χ0v) is 28.8. The number of anilines is 2. The van der Waals surface area contributed by atoms with Crippen LogP contribution in [-0.2, 0) is 10.0 Å². The average Bonchev–Trinajstić information content (AvgIpc) is 3.02. The number of nitrogens with zero attached hydrogens (tertiary/aromatic N) is 4. The Morgan fingerprint density at radius 3 is 2.37 bits per heavy atom. The fourth-order valence-corrected chi connectivity index (χ4v) is 7.31. The average molecular weight is 667 g/mol. The molecule has 3 aromatic carbocycles. The maximum atomic E-state index is 13.3. The van der Waals surface area contributed by atoms with Crippen LogP contribution >= 0.6 is 11.8 Å². The van der Waals surface area contributed by atoms with Gasteiger partial charge < -0.3 is 20.9 Å². The van der Waals surface area contributed by atoms with E-state index >= 15 is 0 Å². The monoisotopic (exact) mass is 666 g/mol. The summed E-state index contributed by atoms with van der Waals surface area (Å²) in [6, 6.07) is 21.1. The second-order valence-corrected chi connectivity index (χ2v) is 15.5. The third-order valence-electron chi connectivity index (χ3n) is 8.29. The number of nitro groups is 1. The molecule has 4 rings (SSSR count). The number of amidine groups is 1. The zero-order valence-electron chi connectivity index (χ0n) is 27.2. The molecule has 3 aromatic rings. The molecule has 1 atom stereocenters. The van der Waals surface area contributed by atoms with Gasteiger partial charge in [-0.2, -0.15) is 8.42 Å². The first kappa shape index (κ1) is 35.2. The molecular formula is C34H46N6O4S2. The van der Waals surface area contributed by atoms with Gasteiger partial charge in [0, 0.05) is 47.1 Å². The maximum Gasteiger partial charge on any atom is 0.293 e. The summed E-state index contributed by atoms with van der Waals surface area (Å²) in [5.74, 6) is 0.519. The van der Waals surface area contributed by atoms with Gasteiger partial charge in [-0.05, 0) is 100 Å². The first-order chi connectivity index (χ1) is 21.8. The number of benzene rings is 3. The van der Waals surface area contributed by atoms with E-state index in [1.165, 1.54) is 12.1 Å². The van der Waals surface area contributed by atoms with Crippen LogP contribution in [0.25, 0.3) is 0 Å². The van der Waals surface area contributed by atoms with E-state index in [1.807, 2.05) is 56.6 Å². The normalized spacial score (nSPS) is 15.9. The minimum Gasteiger partial charge on any atom is -0.383 e. The number of rotatable bonds is 15. The summed E-state index contributed by atoms with van der Waals surface area (Å²) in [4.78, 5) is 16.8. The summed E-state index contributed by atoms with van der Waals surface area (Å²) in [5, 5.41) is 15.5. The Hall–Kier alpha value is -3.61. The standard InChI is InChI=1S/C34H46N6O4S2/c1-34(2)19-22-39(23-20-34)28-15-13-26(14-16-28)33(35)37-46(43,44)30-17-18-31(32(24-30)40(41)42)36-27(10-8-9-21-38(3)4)25-45-29-11-6-5-7-12-29/h5-7,11-18,24,27,36H,8-10,19-23,25H2,1-4H3,(H2,35,37)/t27-/m1/s1.